The number of aliphatic hydroxyl groups is 1. The summed E-state index contributed by atoms with van der Waals surface area (Å²) in [5.74, 6) is 1.07. The van der Waals surface area contributed by atoms with Crippen LogP contribution < -0.4 is 10.1 Å². The molecule has 1 aromatic carbocycles. The van der Waals surface area contributed by atoms with E-state index in [1.54, 1.807) is 18.9 Å². The van der Waals surface area contributed by atoms with Crippen LogP contribution in [0.15, 0.2) is 24.3 Å². The second-order valence-corrected chi connectivity index (χ2v) is 7.32. The average molecular weight is 309 g/mol. The molecule has 20 heavy (non-hydrogen) atoms. The Kier molecular flexibility index (Phi) is 3.93. The molecule has 1 saturated carbocycles. The van der Waals surface area contributed by atoms with E-state index in [4.69, 9.17) is 17.0 Å². The molecule has 0 unspecified atom stereocenters. The van der Waals surface area contributed by atoms with Crippen molar-refractivity contribution < 1.29 is 9.84 Å². The minimum Gasteiger partial charge on any atom is -0.497 e. The van der Waals surface area contributed by atoms with Gasteiger partial charge in [-0.1, -0.05) is 42.5 Å². The van der Waals surface area contributed by atoms with Crippen molar-refractivity contribution >= 4 is 28.3 Å². The van der Waals surface area contributed by atoms with Gasteiger partial charge in [-0.15, -0.1) is 0 Å². The van der Waals surface area contributed by atoms with Crippen LogP contribution in [0.5, 0.6) is 5.75 Å². The molecule has 0 radical (unpaired) electrons. The summed E-state index contributed by atoms with van der Waals surface area (Å²) >= 11 is 7.00. The van der Waals surface area contributed by atoms with Crippen molar-refractivity contribution in [3.8, 4) is 5.75 Å². The Morgan fingerprint density at radius 2 is 2.10 bits per heavy atom. The number of benzene rings is 1. The average Bonchev–Trinajstić information content (AvgIpc) is 2.45. The summed E-state index contributed by atoms with van der Waals surface area (Å²) in [6.07, 6.45) is 4.05. The van der Waals surface area contributed by atoms with Gasteiger partial charge in [0.15, 0.2) is 0 Å². The van der Waals surface area contributed by atoms with Gasteiger partial charge in [-0.25, -0.2) is 0 Å². The van der Waals surface area contributed by atoms with Crippen LogP contribution in [0.3, 0.4) is 0 Å². The van der Waals surface area contributed by atoms with Gasteiger partial charge in [-0.05, 0) is 37.0 Å². The lowest BCUT2D eigenvalue weighted by atomic mass is 9.77. The molecule has 2 fully saturated rings. The lowest BCUT2D eigenvalue weighted by Crippen LogP contribution is -2.58. The molecule has 3 nitrogen and oxygen atoms in total. The van der Waals surface area contributed by atoms with Crippen molar-refractivity contribution in [2.45, 2.75) is 36.7 Å². The first kappa shape index (κ1) is 14.2. The molecule has 3 rings (SSSR count). The van der Waals surface area contributed by atoms with E-state index in [0.29, 0.717) is 4.32 Å². The highest BCUT2D eigenvalue weighted by atomic mass is 32.2. The first-order chi connectivity index (χ1) is 9.62. The van der Waals surface area contributed by atoms with Crippen LogP contribution in [0.1, 0.15) is 36.5 Å². The molecule has 1 aliphatic heterocycles. The maximum Gasteiger partial charge on any atom is 0.140 e. The number of rotatable bonds is 2. The van der Waals surface area contributed by atoms with E-state index >= 15 is 0 Å². The van der Waals surface area contributed by atoms with Crippen molar-refractivity contribution in [1.29, 1.82) is 0 Å². The molecule has 2 N–H and O–H groups in total. The standard InChI is InChI=1S/C15H19NO2S2/c1-18-11-7-5-10(6-8-11)13-12-4-2-3-9-15(12,17)16-14(19)20-13/h5-8,12-13,17H,2-4,9H2,1H3,(H,16,19)/t12-,13+,15+/m1/s1. The van der Waals surface area contributed by atoms with E-state index in [2.05, 4.69) is 17.4 Å². The van der Waals surface area contributed by atoms with Crippen LogP contribution in [0.25, 0.3) is 0 Å². The van der Waals surface area contributed by atoms with Crippen LogP contribution in [-0.2, 0) is 0 Å². The normalized spacial score (nSPS) is 33.2. The molecule has 1 saturated heterocycles. The highest BCUT2D eigenvalue weighted by Gasteiger charge is 2.48. The number of hydrogen-bond donors (Lipinski definition) is 2. The van der Waals surface area contributed by atoms with E-state index in [-0.39, 0.29) is 11.2 Å². The first-order valence-corrected chi connectivity index (χ1v) is 8.26. The van der Waals surface area contributed by atoms with Gasteiger partial charge in [0.1, 0.15) is 15.8 Å². The lowest BCUT2D eigenvalue weighted by Gasteiger charge is -2.48. The molecule has 5 heteroatoms. The highest BCUT2D eigenvalue weighted by molar-refractivity contribution is 8.23. The molecule has 1 heterocycles. The van der Waals surface area contributed by atoms with Crippen molar-refractivity contribution in [1.82, 2.24) is 5.32 Å². The fourth-order valence-electron chi connectivity index (χ4n) is 3.24. The Balaban J connectivity index is 1.91. The largest absolute Gasteiger partial charge is 0.497 e. The van der Waals surface area contributed by atoms with E-state index in [0.717, 1.165) is 25.0 Å². The number of thiocarbonyl (C=S) groups is 1. The third-order valence-corrected chi connectivity index (χ3v) is 5.86. The summed E-state index contributed by atoms with van der Waals surface area (Å²) in [6.45, 7) is 0. The van der Waals surface area contributed by atoms with Gasteiger partial charge in [0, 0.05) is 11.2 Å². The Bertz CT molecular complexity index is 505. The van der Waals surface area contributed by atoms with Gasteiger partial charge in [0.05, 0.1) is 7.11 Å². The quantitative estimate of drug-likeness (QED) is 0.821. The van der Waals surface area contributed by atoms with Gasteiger partial charge >= 0.3 is 0 Å². The summed E-state index contributed by atoms with van der Waals surface area (Å²) < 4.78 is 5.91. The fourth-order valence-corrected chi connectivity index (χ4v) is 5.01. The SMILES string of the molecule is COc1ccc([C@@H]2SC(=S)N[C@]3(O)CCCC[C@H]23)cc1. The summed E-state index contributed by atoms with van der Waals surface area (Å²) in [6, 6.07) is 8.12. The number of nitrogens with one attached hydrogen (secondary N) is 1. The second kappa shape index (κ2) is 5.54. The summed E-state index contributed by atoms with van der Waals surface area (Å²) in [7, 11) is 1.67. The Morgan fingerprint density at radius 3 is 2.80 bits per heavy atom. The predicted octanol–water partition coefficient (Wildman–Crippen LogP) is 3.24. The maximum atomic E-state index is 10.9. The smallest absolute Gasteiger partial charge is 0.140 e. The molecule has 2 aliphatic rings. The molecular weight excluding hydrogens is 290 g/mol. The lowest BCUT2D eigenvalue weighted by molar-refractivity contribution is -0.0632. The summed E-state index contributed by atoms with van der Waals surface area (Å²) in [5, 5.41) is 14.2. The van der Waals surface area contributed by atoms with E-state index in [1.165, 1.54) is 12.0 Å². The molecule has 108 valence electrons. The number of fused-ring (bicyclic) bond motifs is 1. The van der Waals surface area contributed by atoms with Crippen LogP contribution in [0.2, 0.25) is 0 Å². The van der Waals surface area contributed by atoms with E-state index < -0.39 is 5.72 Å². The number of hydrogen-bond acceptors (Lipinski definition) is 4. The third kappa shape index (κ3) is 2.54. The van der Waals surface area contributed by atoms with Gasteiger partial charge in [-0.3, -0.25) is 0 Å². The van der Waals surface area contributed by atoms with Crippen molar-refractivity contribution in [2.24, 2.45) is 5.92 Å². The Labute approximate surface area is 129 Å². The van der Waals surface area contributed by atoms with Crippen LogP contribution in [0, 0.1) is 5.92 Å². The van der Waals surface area contributed by atoms with E-state index in [1.807, 2.05) is 12.1 Å². The van der Waals surface area contributed by atoms with Crippen molar-refractivity contribution in [2.75, 3.05) is 7.11 Å². The summed E-state index contributed by atoms with van der Waals surface area (Å²) in [4.78, 5) is 0. The van der Waals surface area contributed by atoms with Gasteiger partial charge in [-0.2, -0.15) is 0 Å². The molecule has 0 aromatic heterocycles. The van der Waals surface area contributed by atoms with Gasteiger partial charge in [0.25, 0.3) is 0 Å². The monoisotopic (exact) mass is 309 g/mol. The molecular formula is C15H19NO2S2. The van der Waals surface area contributed by atoms with Crippen LogP contribution >= 0.6 is 24.0 Å². The maximum absolute atomic E-state index is 10.9. The second-order valence-electron chi connectivity index (χ2n) is 5.50. The molecule has 3 atom stereocenters. The van der Waals surface area contributed by atoms with Crippen molar-refractivity contribution in [3.05, 3.63) is 29.8 Å². The van der Waals surface area contributed by atoms with Gasteiger partial charge in [0.2, 0.25) is 0 Å². The van der Waals surface area contributed by atoms with Crippen LogP contribution in [-0.4, -0.2) is 22.3 Å². The first-order valence-electron chi connectivity index (χ1n) is 6.97. The fraction of sp³-hybridized carbons (Fsp3) is 0.533. The van der Waals surface area contributed by atoms with Crippen molar-refractivity contribution in [3.63, 3.8) is 0 Å². The zero-order valence-corrected chi connectivity index (χ0v) is 13.1. The topological polar surface area (TPSA) is 41.5 Å². The number of methoxy groups -OCH3 is 1. The molecule has 0 amide bonds. The zero-order chi connectivity index (χ0) is 14.2. The molecule has 1 aromatic rings. The Hall–Kier alpha value is -0.780. The summed E-state index contributed by atoms with van der Waals surface area (Å²) in [5.41, 5.74) is 0.385. The van der Waals surface area contributed by atoms with Crippen LogP contribution in [0.4, 0.5) is 0 Å². The third-order valence-electron chi connectivity index (χ3n) is 4.30. The zero-order valence-electron chi connectivity index (χ0n) is 11.5. The predicted molar refractivity (Wildman–Crippen MR) is 86.0 cm³/mol. The minimum absolute atomic E-state index is 0.210. The molecule has 0 spiro atoms. The van der Waals surface area contributed by atoms with E-state index in [9.17, 15) is 5.11 Å². The molecule has 0 bridgehead atoms. The highest BCUT2D eigenvalue weighted by Crippen LogP contribution is 2.50. The Morgan fingerprint density at radius 1 is 1.35 bits per heavy atom. The minimum atomic E-state index is -0.828. The van der Waals surface area contributed by atoms with Gasteiger partial charge < -0.3 is 15.2 Å². The number of thioether (sulfide) groups is 1. The number of ether oxygens (including phenoxy) is 1. The molecule has 1 aliphatic carbocycles.